The lowest BCUT2D eigenvalue weighted by Gasteiger charge is -2.18. The Hall–Kier alpha value is -2.63. The number of carbonyl (C=O) groups is 3. The fourth-order valence-corrected chi connectivity index (χ4v) is 7.33. The SMILES string of the molecule is CCCCC/C=C\C/C=C\C/C=C\CCCCCCC(=O)OC[C@H](COC(=O)CCCCCCCCCCCCC)OC(=O)CCCCCCC/C=C\CCCCCCCC. The Balaban J connectivity index is 4.40. The molecule has 354 valence electrons. The minimum atomic E-state index is -0.783. The first-order valence-electron chi connectivity index (χ1n) is 26.1. The van der Waals surface area contributed by atoms with Gasteiger partial charge in [-0.05, 0) is 83.5 Å². The van der Waals surface area contributed by atoms with Gasteiger partial charge in [-0.3, -0.25) is 14.4 Å². The molecule has 0 aromatic rings. The van der Waals surface area contributed by atoms with Crippen molar-refractivity contribution in [2.45, 2.75) is 271 Å². The van der Waals surface area contributed by atoms with Gasteiger partial charge in [0.15, 0.2) is 6.10 Å². The standard InChI is InChI=1S/C55H98O6/c1-4-7-10-13-16-19-22-24-26-27-29-30-33-36-39-42-45-48-54(57)60-51-52(50-59-53(56)47-44-41-38-35-32-21-18-15-12-9-6-3)61-55(58)49-46-43-40-37-34-31-28-25-23-20-17-14-11-8-5-2/h16,19,24-26,28-30,52H,4-15,17-18,20-23,27,31-51H2,1-3H3/b19-16-,26-24-,28-25-,30-29-/t52-/m0/s1. The molecule has 0 unspecified atom stereocenters. The van der Waals surface area contributed by atoms with Crippen LogP contribution in [0.5, 0.6) is 0 Å². The topological polar surface area (TPSA) is 78.9 Å². The molecular weight excluding hydrogens is 757 g/mol. The minimum Gasteiger partial charge on any atom is -0.462 e. The van der Waals surface area contributed by atoms with Crippen molar-refractivity contribution in [3.8, 4) is 0 Å². The van der Waals surface area contributed by atoms with E-state index in [2.05, 4.69) is 69.4 Å². The smallest absolute Gasteiger partial charge is 0.306 e. The van der Waals surface area contributed by atoms with Gasteiger partial charge in [0.05, 0.1) is 0 Å². The maximum absolute atomic E-state index is 12.8. The van der Waals surface area contributed by atoms with E-state index >= 15 is 0 Å². The molecule has 0 saturated carbocycles. The molecule has 0 aliphatic heterocycles. The summed E-state index contributed by atoms with van der Waals surface area (Å²) in [5.74, 6) is -0.906. The number of hydrogen-bond donors (Lipinski definition) is 0. The number of unbranched alkanes of at least 4 members (excludes halogenated alkanes) is 28. The van der Waals surface area contributed by atoms with E-state index in [1.54, 1.807) is 0 Å². The molecule has 0 rings (SSSR count). The first-order valence-corrected chi connectivity index (χ1v) is 26.1. The summed E-state index contributed by atoms with van der Waals surface area (Å²) < 4.78 is 16.8. The number of esters is 3. The number of rotatable bonds is 47. The third-order valence-electron chi connectivity index (χ3n) is 11.3. The first kappa shape index (κ1) is 58.4. The average Bonchev–Trinajstić information content (AvgIpc) is 3.26. The fourth-order valence-electron chi connectivity index (χ4n) is 7.33. The summed E-state index contributed by atoms with van der Waals surface area (Å²) in [6, 6.07) is 0. The largest absolute Gasteiger partial charge is 0.462 e. The van der Waals surface area contributed by atoms with Crippen molar-refractivity contribution < 1.29 is 28.6 Å². The van der Waals surface area contributed by atoms with Crippen LogP contribution in [0.2, 0.25) is 0 Å². The van der Waals surface area contributed by atoms with Crippen molar-refractivity contribution >= 4 is 17.9 Å². The van der Waals surface area contributed by atoms with E-state index in [4.69, 9.17) is 14.2 Å². The molecule has 0 heterocycles. The lowest BCUT2D eigenvalue weighted by Crippen LogP contribution is -2.30. The van der Waals surface area contributed by atoms with Crippen molar-refractivity contribution in [3.63, 3.8) is 0 Å². The lowest BCUT2D eigenvalue weighted by molar-refractivity contribution is -0.167. The van der Waals surface area contributed by atoms with Gasteiger partial charge in [-0.25, -0.2) is 0 Å². The van der Waals surface area contributed by atoms with Crippen LogP contribution in [0.4, 0.5) is 0 Å². The number of ether oxygens (including phenoxy) is 3. The van der Waals surface area contributed by atoms with Crippen LogP contribution in [0.1, 0.15) is 265 Å². The van der Waals surface area contributed by atoms with Gasteiger partial charge in [-0.1, -0.05) is 211 Å². The summed E-state index contributed by atoms with van der Waals surface area (Å²) in [5.41, 5.74) is 0. The molecule has 0 aromatic carbocycles. The van der Waals surface area contributed by atoms with Crippen LogP contribution in [-0.4, -0.2) is 37.2 Å². The van der Waals surface area contributed by atoms with E-state index < -0.39 is 6.10 Å². The van der Waals surface area contributed by atoms with Gasteiger partial charge in [0, 0.05) is 19.3 Å². The van der Waals surface area contributed by atoms with Crippen LogP contribution in [0, 0.1) is 0 Å². The molecule has 0 amide bonds. The predicted octanol–water partition coefficient (Wildman–Crippen LogP) is 17.1. The Labute approximate surface area is 378 Å². The monoisotopic (exact) mass is 855 g/mol. The summed E-state index contributed by atoms with van der Waals surface area (Å²) >= 11 is 0. The highest BCUT2D eigenvalue weighted by Crippen LogP contribution is 2.14. The summed E-state index contributed by atoms with van der Waals surface area (Å²) in [5, 5.41) is 0. The quantitative estimate of drug-likeness (QED) is 0.0263. The maximum Gasteiger partial charge on any atom is 0.306 e. The highest BCUT2D eigenvalue weighted by atomic mass is 16.6. The Kier molecular flexibility index (Phi) is 47.9. The van der Waals surface area contributed by atoms with Crippen molar-refractivity contribution in [1.29, 1.82) is 0 Å². The molecule has 0 N–H and O–H groups in total. The van der Waals surface area contributed by atoms with Gasteiger partial charge >= 0.3 is 17.9 Å². The summed E-state index contributed by atoms with van der Waals surface area (Å²) in [6.45, 7) is 6.58. The molecule has 6 heteroatoms. The zero-order valence-corrected chi connectivity index (χ0v) is 40.4. The van der Waals surface area contributed by atoms with Crippen LogP contribution in [0.25, 0.3) is 0 Å². The second-order valence-corrected chi connectivity index (χ2v) is 17.4. The van der Waals surface area contributed by atoms with Crippen LogP contribution in [-0.2, 0) is 28.6 Å². The highest BCUT2D eigenvalue weighted by Gasteiger charge is 2.19. The second-order valence-electron chi connectivity index (χ2n) is 17.4. The molecule has 0 fully saturated rings. The molecule has 6 nitrogen and oxygen atoms in total. The van der Waals surface area contributed by atoms with E-state index in [-0.39, 0.29) is 31.1 Å². The normalized spacial score (nSPS) is 12.4. The third-order valence-corrected chi connectivity index (χ3v) is 11.3. The van der Waals surface area contributed by atoms with Crippen molar-refractivity contribution in [3.05, 3.63) is 48.6 Å². The zero-order valence-electron chi connectivity index (χ0n) is 40.4. The second kappa shape index (κ2) is 50.0. The zero-order chi connectivity index (χ0) is 44.4. The molecule has 0 radical (unpaired) electrons. The van der Waals surface area contributed by atoms with Gasteiger partial charge in [0.1, 0.15) is 13.2 Å². The maximum atomic E-state index is 12.8. The number of carbonyl (C=O) groups excluding carboxylic acids is 3. The van der Waals surface area contributed by atoms with E-state index in [1.807, 2.05) is 0 Å². The third kappa shape index (κ3) is 48.3. The average molecular weight is 855 g/mol. The van der Waals surface area contributed by atoms with Gasteiger partial charge in [0.25, 0.3) is 0 Å². The van der Waals surface area contributed by atoms with Crippen molar-refractivity contribution in [2.24, 2.45) is 0 Å². The summed E-state index contributed by atoms with van der Waals surface area (Å²) in [6.07, 6.45) is 59.4. The number of allylic oxidation sites excluding steroid dienone is 8. The minimum absolute atomic E-state index is 0.0816. The van der Waals surface area contributed by atoms with E-state index in [0.29, 0.717) is 19.3 Å². The molecular formula is C55H98O6. The highest BCUT2D eigenvalue weighted by molar-refractivity contribution is 5.71. The Bertz CT molecular complexity index is 1070. The predicted molar refractivity (Wildman–Crippen MR) is 261 cm³/mol. The number of hydrogen-bond acceptors (Lipinski definition) is 6. The van der Waals surface area contributed by atoms with Gasteiger partial charge in [-0.15, -0.1) is 0 Å². The molecule has 0 saturated heterocycles. The Morgan fingerprint density at radius 3 is 0.967 bits per heavy atom. The lowest BCUT2D eigenvalue weighted by atomic mass is 10.1. The molecule has 0 spiro atoms. The molecule has 1 atom stereocenters. The van der Waals surface area contributed by atoms with Crippen LogP contribution < -0.4 is 0 Å². The molecule has 0 bridgehead atoms. The van der Waals surface area contributed by atoms with Crippen LogP contribution in [0.15, 0.2) is 48.6 Å². The summed E-state index contributed by atoms with van der Waals surface area (Å²) in [7, 11) is 0. The van der Waals surface area contributed by atoms with Crippen LogP contribution >= 0.6 is 0 Å². The molecule has 0 aromatic heterocycles. The molecule has 0 aliphatic carbocycles. The molecule has 0 aliphatic rings. The van der Waals surface area contributed by atoms with Gasteiger partial charge in [0.2, 0.25) is 0 Å². The van der Waals surface area contributed by atoms with Crippen molar-refractivity contribution in [2.75, 3.05) is 13.2 Å². The first-order chi connectivity index (χ1) is 30.0. The fraction of sp³-hybridized carbons (Fsp3) is 0.800. The molecule has 61 heavy (non-hydrogen) atoms. The van der Waals surface area contributed by atoms with Gasteiger partial charge in [-0.2, -0.15) is 0 Å². The summed E-state index contributed by atoms with van der Waals surface area (Å²) in [4.78, 5) is 37.9. The van der Waals surface area contributed by atoms with E-state index in [1.165, 1.54) is 128 Å². The van der Waals surface area contributed by atoms with Gasteiger partial charge < -0.3 is 14.2 Å². The van der Waals surface area contributed by atoms with Crippen molar-refractivity contribution in [1.82, 2.24) is 0 Å². The Morgan fingerprint density at radius 1 is 0.328 bits per heavy atom. The van der Waals surface area contributed by atoms with E-state index in [0.717, 1.165) is 96.3 Å². The van der Waals surface area contributed by atoms with Crippen LogP contribution in [0.3, 0.4) is 0 Å². The van der Waals surface area contributed by atoms with E-state index in [9.17, 15) is 14.4 Å². The Morgan fingerprint density at radius 2 is 0.590 bits per heavy atom.